The summed E-state index contributed by atoms with van der Waals surface area (Å²) in [5, 5.41) is 6.21. The smallest absolute Gasteiger partial charge is 0.191 e. The Balaban J connectivity index is 2.63. The highest BCUT2D eigenvalue weighted by atomic mass is 32.2. The molecule has 0 aliphatic rings. The van der Waals surface area contributed by atoms with Gasteiger partial charge in [0.25, 0.3) is 0 Å². The summed E-state index contributed by atoms with van der Waals surface area (Å²) in [6.07, 6.45) is 1.87. The SMILES string of the molecule is CCNC(=NCC(C)(C)S(C)(=O)=O)NCCc1cccc(F)c1. The molecule has 1 aromatic carbocycles. The van der Waals surface area contributed by atoms with Crippen LogP contribution in [0.5, 0.6) is 0 Å². The molecule has 0 aliphatic heterocycles. The van der Waals surface area contributed by atoms with E-state index in [2.05, 4.69) is 15.6 Å². The van der Waals surface area contributed by atoms with Gasteiger partial charge in [-0.15, -0.1) is 0 Å². The average Bonchev–Trinajstić information content (AvgIpc) is 2.43. The van der Waals surface area contributed by atoms with Crippen LogP contribution >= 0.6 is 0 Å². The lowest BCUT2D eigenvalue weighted by molar-refractivity contribution is 0.554. The molecule has 0 fully saturated rings. The standard InChI is InChI=1S/C16H26FN3O2S/c1-5-18-15(20-12-16(2,3)23(4,21)22)19-10-9-13-7-6-8-14(17)11-13/h6-8,11H,5,9-10,12H2,1-4H3,(H2,18,19,20). The second-order valence-electron chi connectivity index (χ2n) is 6.03. The summed E-state index contributed by atoms with van der Waals surface area (Å²) < 4.78 is 35.6. The second kappa shape index (κ2) is 8.29. The number of nitrogens with one attached hydrogen (secondary N) is 2. The van der Waals surface area contributed by atoms with Gasteiger partial charge < -0.3 is 10.6 Å². The van der Waals surface area contributed by atoms with Gasteiger partial charge in [0.05, 0.1) is 11.3 Å². The van der Waals surface area contributed by atoms with Gasteiger partial charge in [0.1, 0.15) is 5.82 Å². The Labute approximate surface area is 138 Å². The van der Waals surface area contributed by atoms with Crippen molar-refractivity contribution in [2.75, 3.05) is 25.9 Å². The third-order valence-corrected chi connectivity index (χ3v) is 5.70. The van der Waals surface area contributed by atoms with Crippen LogP contribution < -0.4 is 10.6 Å². The van der Waals surface area contributed by atoms with Gasteiger partial charge in [-0.05, 0) is 44.9 Å². The van der Waals surface area contributed by atoms with Gasteiger partial charge in [-0.1, -0.05) is 12.1 Å². The highest BCUT2D eigenvalue weighted by molar-refractivity contribution is 7.92. The lowest BCUT2D eigenvalue weighted by atomic mass is 10.1. The largest absolute Gasteiger partial charge is 0.357 e. The van der Waals surface area contributed by atoms with Crippen LogP contribution in [-0.4, -0.2) is 45.0 Å². The molecule has 130 valence electrons. The van der Waals surface area contributed by atoms with Crippen molar-refractivity contribution in [2.45, 2.75) is 31.9 Å². The molecule has 0 spiro atoms. The molecule has 0 atom stereocenters. The number of rotatable bonds is 7. The minimum Gasteiger partial charge on any atom is -0.357 e. The van der Waals surface area contributed by atoms with E-state index in [0.29, 0.717) is 25.5 Å². The van der Waals surface area contributed by atoms with Gasteiger partial charge in [-0.25, -0.2) is 12.8 Å². The first-order valence-electron chi connectivity index (χ1n) is 7.62. The molecule has 0 bridgehead atoms. The van der Waals surface area contributed by atoms with Gasteiger partial charge in [0, 0.05) is 19.3 Å². The topological polar surface area (TPSA) is 70.6 Å². The van der Waals surface area contributed by atoms with E-state index in [1.165, 1.54) is 18.4 Å². The maximum atomic E-state index is 13.1. The molecule has 0 aliphatic carbocycles. The van der Waals surface area contributed by atoms with E-state index in [4.69, 9.17) is 0 Å². The maximum Gasteiger partial charge on any atom is 0.191 e. The minimum absolute atomic E-state index is 0.168. The predicted molar refractivity (Wildman–Crippen MR) is 93.0 cm³/mol. The van der Waals surface area contributed by atoms with E-state index in [-0.39, 0.29) is 12.4 Å². The van der Waals surface area contributed by atoms with Crippen LogP contribution in [0, 0.1) is 5.82 Å². The number of benzene rings is 1. The molecule has 0 saturated heterocycles. The van der Waals surface area contributed by atoms with Gasteiger partial charge in [-0.2, -0.15) is 0 Å². The quantitative estimate of drug-likeness (QED) is 0.584. The van der Waals surface area contributed by atoms with Crippen LogP contribution in [0.1, 0.15) is 26.3 Å². The molecule has 23 heavy (non-hydrogen) atoms. The molecule has 0 heterocycles. The zero-order valence-corrected chi connectivity index (χ0v) is 15.0. The molecule has 5 nitrogen and oxygen atoms in total. The lowest BCUT2D eigenvalue weighted by Crippen LogP contribution is -2.41. The highest BCUT2D eigenvalue weighted by Crippen LogP contribution is 2.15. The third-order valence-electron chi connectivity index (χ3n) is 3.56. The summed E-state index contributed by atoms with van der Waals surface area (Å²) in [6, 6.07) is 6.45. The van der Waals surface area contributed by atoms with Crippen molar-refractivity contribution in [2.24, 2.45) is 4.99 Å². The third kappa shape index (κ3) is 6.56. The predicted octanol–water partition coefficient (Wildman–Crippen LogP) is 1.75. The van der Waals surface area contributed by atoms with Crippen LogP contribution in [-0.2, 0) is 16.3 Å². The molecule has 1 rings (SSSR count). The number of hydrogen-bond acceptors (Lipinski definition) is 3. The summed E-state index contributed by atoms with van der Waals surface area (Å²) in [5.41, 5.74) is 0.893. The monoisotopic (exact) mass is 343 g/mol. The minimum atomic E-state index is -3.19. The van der Waals surface area contributed by atoms with Crippen molar-refractivity contribution < 1.29 is 12.8 Å². The zero-order valence-electron chi connectivity index (χ0n) is 14.2. The van der Waals surface area contributed by atoms with Crippen molar-refractivity contribution in [3.63, 3.8) is 0 Å². The molecule has 0 unspecified atom stereocenters. The lowest BCUT2D eigenvalue weighted by Gasteiger charge is -2.21. The molecule has 0 aromatic heterocycles. The molecule has 0 radical (unpaired) electrons. The maximum absolute atomic E-state index is 13.1. The Morgan fingerprint density at radius 2 is 2.00 bits per heavy atom. The van der Waals surface area contributed by atoms with Crippen molar-refractivity contribution in [1.29, 1.82) is 0 Å². The van der Waals surface area contributed by atoms with E-state index in [1.807, 2.05) is 13.0 Å². The number of aliphatic imine (C=N–C) groups is 1. The van der Waals surface area contributed by atoms with Crippen LogP contribution in [0.15, 0.2) is 29.3 Å². The van der Waals surface area contributed by atoms with Crippen molar-refractivity contribution in [1.82, 2.24) is 10.6 Å². The van der Waals surface area contributed by atoms with Crippen LogP contribution in [0.4, 0.5) is 4.39 Å². The second-order valence-corrected chi connectivity index (χ2v) is 8.68. The summed E-state index contributed by atoms with van der Waals surface area (Å²) in [7, 11) is -3.19. The molecule has 0 saturated carbocycles. The van der Waals surface area contributed by atoms with Crippen molar-refractivity contribution in [3.8, 4) is 0 Å². The van der Waals surface area contributed by atoms with Crippen molar-refractivity contribution in [3.05, 3.63) is 35.6 Å². The average molecular weight is 343 g/mol. The fourth-order valence-corrected chi connectivity index (χ4v) is 2.05. The number of nitrogens with zero attached hydrogens (tertiary/aromatic N) is 1. The number of halogens is 1. The molecule has 2 N–H and O–H groups in total. The fraction of sp³-hybridized carbons (Fsp3) is 0.562. The molecule has 1 aromatic rings. The Bertz CT molecular complexity index is 642. The first-order chi connectivity index (χ1) is 10.7. The Hall–Kier alpha value is -1.63. The summed E-state index contributed by atoms with van der Waals surface area (Å²) in [5.74, 6) is 0.304. The molecular weight excluding hydrogens is 317 g/mol. The van der Waals surface area contributed by atoms with Gasteiger partial charge in [0.2, 0.25) is 0 Å². The van der Waals surface area contributed by atoms with E-state index in [1.54, 1.807) is 19.9 Å². The summed E-state index contributed by atoms with van der Waals surface area (Å²) in [4.78, 5) is 4.34. The van der Waals surface area contributed by atoms with Crippen LogP contribution in [0.2, 0.25) is 0 Å². The Kier molecular flexibility index (Phi) is 7.00. The molecular formula is C16H26FN3O2S. The Morgan fingerprint density at radius 3 is 2.57 bits per heavy atom. The summed E-state index contributed by atoms with van der Waals surface area (Å²) in [6.45, 7) is 6.66. The first kappa shape index (κ1) is 19.4. The fourth-order valence-electron chi connectivity index (χ4n) is 1.75. The van der Waals surface area contributed by atoms with E-state index in [0.717, 1.165) is 5.56 Å². The number of guanidine groups is 1. The molecule has 0 amide bonds. The molecule has 7 heteroatoms. The van der Waals surface area contributed by atoms with Gasteiger partial charge in [0.15, 0.2) is 15.8 Å². The Morgan fingerprint density at radius 1 is 1.30 bits per heavy atom. The number of sulfone groups is 1. The van der Waals surface area contributed by atoms with E-state index >= 15 is 0 Å². The van der Waals surface area contributed by atoms with E-state index < -0.39 is 14.6 Å². The zero-order chi connectivity index (χ0) is 17.5. The summed E-state index contributed by atoms with van der Waals surface area (Å²) >= 11 is 0. The number of hydrogen-bond donors (Lipinski definition) is 2. The van der Waals surface area contributed by atoms with Crippen molar-refractivity contribution >= 4 is 15.8 Å². The van der Waals surface area contributed by atoms with E-state index in [9.17, 15) is 12.8 Å². The van der Waals surface area contributed by atoms with Crippen LogP contribution in [0.3, 0.4) is 0 Å². The first-order valence-corrected chi connectivity index (χ1v) is 9.51. The van der Waals surface area contributed by atoms with Gasteiger partial charge in [-0.3, -0.25) is 4.99 Å². The van der Waals surface area contributed by atoms with Crippen LogP contribution in [0.25, 0.3) is 0 Å². The normalized spacial score (nSPS) is 13.0. The van der Waals surface area contributed by atoms with Gasteiger partial charge >= 0.3 is 0 Å². The highest BCUT2D eigenvalue weighted by Gasteiger charge is 2.29.